The lowest BCUT2D eigenvalue weighted by atomic mass is 9.95. The van der Waals surface area contributed by atoms with E-state index in [1.165, 1.54) is 28.9 Å². The van der Waals surface area contributed by atoms with Gasteiger partial charge in [-0.1, -0.05) is 55.8 Å². The number of benzene rings is 1. The van der Waals surface area contributed by atoms with Crippen LogP contribution in [0.2, 0.25) is 0 Å². The minimum atomic E-state index is -3.40. The molecular formula is C28H35F2NO4S. The van der Waals surface area contributed by atoms with Gasteiger partial charge in [-0.05, 0) is 55.7 Å². The summed E-state index contributed by atoms with van der Waals surface area (Å²) >= 11 is 1.30. The van der Waals surface area contributed by atoms with Crippen LogP contribution in [0.5, 0.6) is 0 Å². The number of aryl methyl sites for hydroxylation is 2. The number of thiophene rings is 1. The summed E-state index contributed by atoms with van der Waals surface area (Å²) in [5, 5.41) is 10.6. The van der Waals surface area contributed by atoms with E-state index < -0.39 is 36.4 Å². The number of nitrogens with zero attached hydrogens (tertiary/aromatic N) is 1. The third kappa shape index (κ3) is 7.71. The van der Waals surface area contributed by atoms with Crippen LogP contribution in [-0.4, -0.2) is 53.6 Å². The molecule has 2 aromatic rings. The van der Waals surface area contributed by atoms with Gasteiger partial charge in [0.2, 0.25) is 0 Å². The molecule has 2 heterocycles. The number of ether oxygens (including phenoxy) is 1. The monoisotopic (exact) mass is 519 g/mol. The molecule has 3 atom stereocenters. The maximum atomic E-state index is 14.2. The molecule has 1 fully saturated rings. The highest BCUT2D eigenvalue weighted by Crippen LogP contribution is 2.34. The fourth-order valence-corrected chi connectivity index (χ4v) is 5.42. The molecule has 3 rings (SSSR count). The van der Waals surface area contributed by atoms with Gasteiger partial charge in [-0.15, -0.1) is 11.3 Å². The van der Waals surface area contributed by atoms with Crippen molar-refractivity contribution in [2.45, 2.75) is 69.9 Å². The molecule has 1 aromatic heterocycles. The van der Waals surface area contributed by atoms with E-state index >= 15 is 0 Å². The number of amides is 1. The molecule has 36 heavy (non-hydrogen) atoms. The molecule has 1 aliphatic rings. The Bertz CT molecular complexity index is 1020. The number of alkyl halides is 2. The molecule has 0 aliphatic carbocycles. The van der Waals surface area contributed by atoms with Gasteiger partial charge in [0.1, 0.15) is 4.88 Å². The van der Waals surface area contributed by atoms with Crippen LogP contribution in [0, 0.1) is 5.92 Å². The Morgan fingerprint density at radius 3 is 2.67 bits per heavy atom. The van der Waals surface area contributed by atoms with Gasteiger partial charge in [0.15, 0.2) is 0 Å². The van der Waals surface area contributed by atoms with Crippen LogP contribution in [0.4, 0.5) is 8.78 Å². The van der Waals surface area contributed by atoms with Crippen molar-refractivity contribution in [2.24, 2.45) is 5.92 Å². The summed E-state index contributed by atoms with van der Waals surface area (Å²) in [5.74, 6) is -4.98. The summed E-state index contributed by atoms with van der Waals surface area (Å²) in [6.07, 6.45) is 6.66. The van der Waals surface area contributed by atoms with E-state index in [9.17, 15) is 23.5 Å². The Hall–Kier alpha value is -2.58. The fraction of sp³-hybridized carbons (Fsp3) is 0.500. The zero-order valence-corrected chi connectivity index (χ0v) is 21.7. The van der Waals surface area contributed by atoms with Gasteiger partial charge in [0.25, 0.3) is 5.91 Å². The number of esters is 1. The summed E-state index contributed by atoms with van der Waals surface area (Å²) < 4.78 is 33.1. The molecule has 1 aromatic carbocycles. The summed E-state index contributed by atoms with van der Waals surface area (Å²) in [7, 11) is 1.32. The van der Waals surface area contributed by atoms with Crippen LogP contribution in [0.15, 0.2) is 54.6 Å². The van der Waals surface area contributed by atoms with Crippen LogP contribution in [-0.2, 0) is 22.4 Å². The van der Waals surface area contributed by atoms with Crippen molar-refractivity contribution >= 4 is 23.2 Å². The normalized spacial score (nSPS) is 19.1. The number of rotatable bonds is 13. The van der Waals surface area contributed by atoms with Gasteiger partial charge < -0.3 is 14.7 Å². The number of carbonyl (C=O) groups excluding carboxylic acids is 2. The molecule has 1 amide bonds. The predicted octanol–water partition coefficient (Wildman–Crippen LogP) is 5.67. The largest absolute Gasteiger partial charge is 0.465 e. The first-order valence-electron chi connectivity index (χ1n) is 12.5. The van der Waals surface area contributed by atoms with E-state index in [-0.39, 0.29) is 12.5 Å². The van der Waals surface area contributed by atoms with Crippen LogP contribution >= 0.6 is 11.3 Å². The molecule has 5 nitrogen and oxygen atoms in total. The molecular weight excluding hydrogens is 484 g/mol. The quantitative estimate of drug-likeness (QED) is 0.210. The Morgan fingerprint density at radius 1 is 1.19 bits per heavy atom. The fourth-order valence-electron chi connectivity index (χ4n) is 4.45. The Morgan fingerprint density at radius 2 is 1.94 bits per heavy atom. The number of hydrogen-bond acceptors (Lipinski definition) is 5. The Balaban J connectivity index is 1.48. The van der Waals surface area contributed by atoms with Gasteiger partial charge in [0.05, 0.1) is 19.3 Å². The highest BCUT2D eigenvalue weighted by atomic mass is 32.1. The van der Waals surface area contributed by atoms with E-state index in [1.807, 2.05) is 31.2 Å². The van der Waals surface area contributed by atoms with Crippen molar-refractivity contribution in [3.05, 3.63) is 69.9 Å². The number of methoxy groups -OCH3 is 1. The lowest BCUT2D eigenvalue weighted by molar-refractivity contribution is -0.148. The Kier molecular flexibility index (Phi) is 10.2. The number of aliphatic hydroxyl groups is 1. The zero-order chi connectivity index (χ0) is 26.1. The smallest absolute Gasteiger partial charge is 0.348 e. The van der Waals surface area contributed by atoms with Gasteiger partial charge >= 0.3 is 11.9 Å². The number of hydrogen-bond donors (Lipinski definition) is 1. The van der Waals surface area contributed by atoms with E-state index in [2.05, 4.69) is 12.1 Å². The molecule has 0 spiro atoms. The van der Waals surface area contributed by atoms with Crippen LogP contribution in [0.3, 0.4) is 0 Å². The molecule has 3 unspecified atom stereocenters. The minimum Gasteiger partial charge on any atom is -0.465 e. The van der Waals surface area contributed by atoms with Crippen LogP contribution in [0.25, 0.3) is 0 Å². The first-order valence-corrected chi connectivity index (χ1v) is 13.3. The number of unbranched alkanes of at least 4 members (excludes halogenated alkanes) is 1. The van der Waals surface area contributed by atoms with Crippen LogP contribution in [0.1, 0.15) is 59.1 Å². The summed E-state index contributed by atoms with van der Waals surface area (Å²) in [6, 6.07) is 13.0. The van der Waals surface area contributed by atoms with E-state index in [0.717, 1.165) is 30.6 Å². The lowest BCUT2D eigenvalue weighted by Gasteiger charge is -2.22. The first kappa shape index (κ1) is 28.0. The second kappa shape index (κ2) is 13.1. The van der Waals surface area contributed by atoms with Crippen molar-refractivity contribution in [2.75, 3.05) is 13.7 Å². The SMILES string of the molecule is COC(=O)c1ccc(CCCN2C(=O)C(F)(F)CC2C=CC(O)C(C)CCCCc2ccccc2)s1. The second-order valence-corrected chi connectivity index (χ2v) is 10.6. The van der Waals surface area contributed by atoms with E-state index in [1.54, 1.807) is 18.2 Å². The zero-order valence-electron chi connectivity index (χ0n) is 20.9. The average Bonchev–Trinajstić information content (AvgIpc) is 3.43. The van der Waals surface area contributed by atoms with Gasteiger partial charge in [-0.3, -0.25) is 4.79 Å². The maximum absolute atomic E-state index is 14.2. The molecule has 0 bridgehead atoms. The summed E-state index contributed by atoms with van der Waals surface area (Å²) in [5.41, 5.74) is 1.29. The number of carbonyl (C=O) groups is 2. The van der Waals surface area contributed by atoms with Crippen molar-refractivity contribution < 1.29 is 28.2 Å². The summed E-state index contributed by atoms with van der Waals surface area (Å²) in [4.78, 5) is 26.5. The van der Waals surface area contributed by atoms with Crippen molar-refractivity contribution in [1.29, 1.82) is 0 Å². The van der Waals surface area contributed by atoms with Gasteiger partial charge in [-0.2, -0.15) is 8.78 Å². The predicted molar refractivity (Wildman–Crippen MR) is 137 cm³/mol. The highest BCUT2D eigenvalue weighted by Gasteiger charge is 2.52. The van der Waals surface area contributed by atoms with E-state index in [4.69, 9.17) is 4.74 Å². The molecule has 1 N–H and O–H groups in total. The lowest BCUT2D eigenvalue weighted by Crippen LogP contribution is -2.36. The van der Waals surface area contributed by atoms with Gasteiger partial charge in [0, 0.05) is 17.8 Å². The molecule has 1 saturated heterocycles. The number of likely N-dealkylation sites (tertiary alicyclic amines) is 1. The highest BCUT2D eigenvalue weighted by molar-refractivity contribution is 7.13. The van der Waals surface area contributed by atoms with Crippen LogP contribution < -0.4 is 0 Å². The van der Waals surface area contributed by atoms with Crippen molar-refractivity contribution in [3.8, 4) is 0 Å². The number of aliphatic hydroxyl groups excluding tert-OH is 1. The third-order valence-electron chi connectivity index (χ3n) is 6.64. The molecule has 1 aliphatic heterocycles. The third-order valence-corrected chi connectivity index (χ3v) is 7.77. The van der Waals surface area contributed by atoms with E-state index in [0.29, 0.717) is 17.7 Å². The summed E-state index contributed by atoms with van der Waals surface area (Å²) in [6.45, 7) is 2.13. The Labute approximate surface area is 215 Å². The standard InChI is InChI=1S/C28H35F2NO4S/c1-20(9-6-7-12-21-10-4-3-5-11-21)24(32)16-14-22-19-28(29,30)27(34)31(22)18-8-13-23-15-17-25(36-23)26(33)35-2/h3-5,10-11,14-17,20,22,24,32H,6-9,12-13,18-19H2,1-2H3. The first-order chi connectivity index (χ1) is 17.2. The topological polar surface area (TPSA) is 66.8 Å². The molecule has 196 valence electrons. The van der Waals surface area contributed by atoms with Crippen molar-refractivity contribution in [3.63, 3.8) is 0 Å². The maximum Gasteiger partial charge on any atom is 0.348 e. The van der Waals surface area contributed by atoms with Crippen molar-refractivity contribution in [1.82, 2.24) is 4.90 Å². The average molecular weight is 520 g/mol. The number of halogens is 2. The second-order valence-electron chi connectivity index (χ2n) is 9.42. The molecule has 0 saturated carbocycles. The molecule has 0 radical (unpaired) electrons. The minimum absolute atomic E-state index is 0.00840. The van der Waals surface area contributed by atoms with Gasteiger partial charge in [-0.25, -0.2) is 4.79 Å². The molecule has 8 heteroatoms.